The Bertz CT molecular complexity index is 2830. The maximum atomic E-state index is 8.68. The van der Waals surface area contributed by atoms with Crippen molar-refractivity contribution in [1.82, 2.24) is 19.5 Å². The first-order chi connectivity index (χ1) is 26.4. The van der Waals surface area contributed by atoms with Crippen molar-refractivity contribution in [1.29, 1.82) is 0 Å². The molecule has 0 aliphatic rings. The summed E-state index contributed by atoms with van der Waals surface area (Å²) < 4.78 is 43.8. The minimum absolute atomic E-state index is 0.109. The molecule has 0 spiro atoms. The van der Waals surface area contributed by atoms with E-state index < -0.39 is 6.04 Å². The highest BCUT2D eigenvalue weighted by Gasteiger charge is 2.14. The van der Waals surface area contributed by atoms with Crippen LogP contribution in [0, 0.1) is 0 Å². The maximum Gasteiger partial charge on any atom is 0.0899 e. The lowest BCUT2D eigenvalue weighted by molar-refractivity contribution is 1.17. The molecule has 0 bridgehead atoms. The molecule has 0 radical (unpaired) electrons. The van der Waals surface area contributed by atoms with Crippen molar-refractivity contribution in [2.24, 2.45) is 0 Å². The first-order valence-electron chi connectivity index (χ1n) is 18.5. The summed E-state index contributed by atoms with van der Waals surface area (Å²) in [4.78, 5) is 14.0. The Morgan fingerprint density at radius 2 is 1.08 bits per heavy atom. The highest BCUT2D eigenvalue weighted by molar-refractivity contribution is 6.10. The third-order valence-electron chi connectivity index (χ3n) is 8.87. The second kappa shape index (κ2) is 12.2. The zero-order chi connectivity index (χ0) is 36.9. The van der Waals surface area contributed by atoms with Crippen LogP contribution < -0.4 is 0 Å². The number of hydrogen-bond donors (Lipinski definition) is 0. The van der Waals surface area contributed by atoms with Gasteiger partial charge >= 0.3 is 0 Å². The van der Waals surface area contributed by atoms with Crippen molar-refractivity contribution in [2.75, 3.05) is 0 Å². The van der Waals surface area contributed by atoms with Crippen LogP contribution in [0.4, 0.5) is 0 Å². The van der Waals surface area contributed by atoms with Gasteiger partial charge in [0.15, 0.2) is 0 Å². The summed E-state index contributed by atoms with van der Waals surface area (Å²) in [7, 11) is 0. The fourth-order valence-electron chi connectivity index (χ4n) is 6.45. The Hall–Kier alpha value is -6.65. The molecule has 0 amide bonds. The molecule has 0 aliphatic carbocycles. The van der Waals surface area contributed by atoms with E-state index in [0.717, 1.165) is 72.3 Å². The van der Waals surface area contributed by atoms with Gasteiger partial charge in [-0.25, -0.2) is 4.98 Å². The van der Waals surface area contributed by atoms with E-state index in [4.69, 9.17) is 11.8 Å². The maximum absolute atomic E-state index is 8.68. The van der Waals surface area contributed by atoms with Gasteiger partial charge in [0.05, 0.1) is 35.0 Å². The van der Waals surface area contributed by atoms with E-state index in [1.165, 1.54) is 0 Å². The summed E-state index contributed by atoms with van der Waals surface area (Å²) in [5, 5.41) is 1.68. The smallest absolute Gasteiger partial charge is 0.0899 e. The second-order valence-corrected chi connectivity index (χ2v) is 11.8. The Kier molecular flexibility index (Phi) is 5.87. The van der Waals surface area contributed by atoms with Crippen LogP contribution in [0.5, 0.6) is 0 Å². The Balaban J connectivity index is 1.11. The molecule has 4 heteroatoms. The van der Waals surface area contributed by atoms with Crippen molar-refractivity contribution in [2.45, 2.75) is 0 Å². The zero-order valence-electron chi connectivity index (χ0n) is 31.2. The molecule has 0 N–H and O–H groups in total. The van der Waals surface area contributed by atoms with Crippen LogP contribution in [0.3, 0.4) is 0 Å². The standard InChI is InChI=1S/C45H30N4/c1-3-9-31(10-4-1)32-18-20-35(21-19-32)42-28-37(29-43(48-42)41-13-7-8-25-47-41)34-16-14-33(15-17-34)36-22-23-44-39(27-36)40-30-46-26-24-45(40)49(44)38-11-5-2-6-12-38/h1-30H/i2D,5D,6D,11D,12D. The number of pyridine rings is 3. The Morgan fingerprint density at radius 1 is 0.449 bits per heavy atom. The molecular weight excluding hydrogens is 597 g/mol. The fraction of sp³-hybridized carbons (Fsp3) is 0. The third kappa shape index (κ3) is 5.35. The second-order valence-electron chi connectivity index (χ2n) is 11.8. The highest BCUT2D eigenvalue weighted by Crippen LogP contribution is 2.36. The molecule has 0 saturated heterocycles. The number of aromatic nitrogens is 4. The number of benzene rings is 5. The van der Waals surface area contributed by atoms with Crippen molar-refractivity contribution in [3.63, 3.8) is 0 Å². The molecule has 0 fully saturated rings. The van der Waals surface area contributed by atoms with Crippen LogP contribution in [0.1, 0.15) is 6.85 Å². The molecule has 4 nitrogen and oxygen atoms in total. The van der Waals surface area contributed by atoms with E-state index in [1.54, 1.807) is 23.2 Å². The van der Waals surface area contributed by atoms with E-state index in [9.17, 15) is 0 Å². The number of nitrogens with zero attached hydrogens (tertiary/aromatic N) is 4. The molecule has 4 aromatic heterocycles. The monoisotopic (exact) mass is 631 g/mol. The lowest BCUT2D eigenvalue weighted by atomic mass is 9.97. The average Bonchev–Trinajstić information content (AvgIpc) is 3.56. The average molecular weight is 632 g/mol. The van der Waals surface area contributed by atoms with Gasteiger partial charge in [0, 0.05) is 40.6 Å². The fourth-order valence-corrected chi connectivity index (χ4v) is 6.45. The van der Waals surface area contributed by atoms with E-state index in [0.29, 0.717) is 5.52 Å². The molecule has 230 valence electrons. The minimum atomic E-state index is -0.421. The van der Waals surface area contributed by atoms with Crippen LogP contribution in [0.15, 0.2) is 182 Å². The molecule has 0 saturated carbocycles. The number of hydrogen-bond acceptors (Lipinski definition) is 3. The Morgan fingerprint density at radius 3 is 1.84 bits per heavy atom. The number of rotatable bonds is 6. The van der Waals surface area contributed by atoms with Crippen molar-refractivity contribution in [3.05, 3.63) is 182 Å². The van der Waals surface area contributed by atoms with E-state index in [1.807, 2.05) is 54.6 Å². The van der Waals surface area contributed by atoms with E-state index in [-0.39, 0.29) is 29.9 Å². The molecule has 0 unspecified atom stereocenters. The van der Waals surface area contributed by atoms with Crippen LogP contribution in [0.25, 0.3) is 83.5 Å². The van der Waals surface area contributed by atoms with Crippen LogP contribution in [-0.4, -0.2) is 19.5 Å². The Labute approximate surface area is 291 Å². The lowest BCUT2D eigenvalue weighted by Crippen LogP contribution is -1.93. The predicted octanol–water partition coefficient (Wildman–Crippen LogP) is 11.3. The van der Waals surface area contributed by atoms with Gasteiger partial charge in [-0.05, 0) is 87.9 Å². The lowest BCUT2D eigenvalue weighted by Gasteiger charge is -2.11. The summed E-state index contributed by atoms with van der Waals surface area (Å²) >= 11 is 0. The molecule has 0 aliphatic heterocycles. The normalized spacial score (nSPS) is 12.7. The van der Waals surface area contributed by atoms with Crippen LogP contribution >= 0.6 is 0 Å². The number of fused-ring (bicyclic) bond motifs is 3. The van der Waals surface area contributed by atoms with E-state index >= 15 is 0 Å². The summed E-state index contributed by atoms with van der Waals surface area (Å²) in [5.41, 5.74) is 11.3. The van der Waals surface area contributed by atoms with Crippen LogP contribution in [-0.2, 0) is 0 Å². The third-order valence-corrected chi connectivity index (χ3v) is 8.87. The summed E-state index contributed by atoms with van der Waals surface area (Å²) in [5.74, 6) is 0. The molecule has 0 atom stereocenters. The molecule has 9 rings (SSSR count). The van der Waals surface area contributed by atoms with Gasteiger partial charge in [0.1, 0.15) is 0 Å². The van der Waals surface area contributed by atoms with E-state index in [2.05, 4.69) is 88.8 Å². The van der Waals surface area contributed by atoms with Crippen molar-refractivity contribution in [3.8, 4) is 61.7 Å². The molecule has 9 aromatic rings. The predicted molar refractivity (Wildman–Crippen MR) is 201 cm³/mol. The molecular formula is C45H30N4. The van der Waals surface area contributed by atoms with Gasteiger partial charge in [0.2, 0.25) is 0 Å². The van der Waals surface area contributed by atoms with Gasteiger partial charge < -0.3 is 4.57 Å². The first kappa shape index (κ1) is 23.6. The minimum Gasteiger partial charge on any atom is -0.309 e. The molecule has 49 heavy (non-hydrogen) atoms. The quantitative estimate of drug-likeness (QED) is 0.183. The summed E-state index contributed by atoms with van der Waals surface area (Å²) in [6.45, 7) is 0. The van der Waals surface area contributed by atoms with Crippen molar-refractivity contribution >= 4 is 21.8 Å². The zero-order valence-corrected chi connectivity index (χ0v) is 26.2. The van der Waals surface area contributed by atoms with Gasteiger partial charge in [-0.15, -0.1) is 0 Å². The summed E-state index contributed by atoms with van der Waals surface area (Å²) in [6.07, 6.45) is 5.18. The number of para-hydroxylation sites is 1. The van der Waals surface area contributed by atoms with Gasteiger partial charge in [-0.2, -0.15) is 0 Å². The van der Waals surface area contributed by atoms with Crippen molar-refractivity contribution < 1.29 is 6.85 Å². The SMILES string of the molecule is [2H]c1c([2H])c([2H])c(-n2c3ccncc3c3cc(-c4ccc(-c5cc(-c6ccc(-c7ccccc7)cc6)nc(-c6ccccn6)c5)cc4)ccc32)c([2H])c1[2H]. The van der Waals surface area contributed by atoms with Gasteiger partial charge in [0.25, 0.3) is 0 Å². The molecule has 5 aromatic carbocycles. The largest absolute Gasteiger partial charge is 0.309 e. The summed E-state index contributed by atoms with van der Waals surface area (Å²) in [6, 6.07) is 43.4. The highest BCUT2D eigenvalue weighted by atomic mass is 15.0. The van der Waals surface area contributed by atoms with Gasteiger partial charge in [-0.3, -0.25) is 9.97 Å². The van der Waals surface area contributed by atoms with Gasteiger partial charge in [-0.1, -0.05) is 109 Å². The van der Waals surface area contributed by atoms with Crippen LogP contribution in [0.2, 0.25) is 0 Å². The molecule has 4 heterocycles. The first-order valence-corrected chi connectivity index (χ1v) is 16.0. The topological polar surface area (TPSA) is 43.6 Å².